The van der Waals surface area contributed by atoms with Crippen LogP contribution in [0.15, 0.2) is 36.4 Å². The van der Waals surface area contributed by atoms with Crippen molar-refractivity contribution in [1.29, 1.82) is 0 Å². The first-order valence-corrected chi connectivity index (χ1v) is 6.74. The lowest BCUT2D eigenvalue weighted by atomic mass is 9.81. The molecule has 1 saturated carbocycles. The third kappa shape index (κ3) is 3.04. The third-order valence-electron chi connectivity index (χ3n) is 3.84. The zero-order chi connectivity index (χ0) is 13.7. The van der Waals surface area contributed by atoms with Gasteiger partial charge in [-0.25, -0.2) is 0 Å². The molecule has 102 valence electrons. The van der Waals surface area contributed by atoms with Gasteiger partial charge in [0.05, 0.1) is 0 Å². The fourth-order valence-corrected chi connectivity index (χ4v) is 2.62. The lowest BCUT2D eigenvalue weighted by Crippen LogP contribution is -2.41. The molecule has 0 heterocycles. The van der Waals surface area contributed by atoms with E-state index in [2.05, 4.69) is 0 Å². The SMILES string of the molecule is COC1(C(=O)C=C(O)c2ccccc2)CCCCC1. The van der Waals surface area contributed by atoms with Crippen LogP contribution in [0.2, 0.25) is 0 Å². The first kappa shape index (κ1) is 13.8. The van der Waals surface area contributed by atoms with E-state index in [1.807, 2.05) is 18.2 Å². The predicted molar refractivity (Wildman–Crippen MR) is 74.9 cm³/mol. The number of aliphatic hydroxyl groups excluding tert-OH is 1. The van der Waals surface area contributed by atoms with Gasteiger partial charge in [0.1, 0.15) is 11.4 Å². The molecule has 1 aromatic rings. The van der Waals surface area contributed by atoms with Gasteiger partial charge in [-0.15, -0.1) is 0 Å². The normalized spacial score (nSPS) is 19.1. The molecule has 0 unspecified atom stereocenters. The van der Waals surface area contributed by atoms with Gasteiger partial charge in [-0.05, 0) is 12.8 Å². The first-order chi connectivity index (χ1) is 9.18. The minimum Gasteiger partial charge on any atom is -0.507 e. The van der Waals surface area contributed by atoms with Crippen LogP contribution in [0.1, 0.15) is 37.7 Å². The summed E-state index contributed by atoms with van der Waals surface area (Å²) in [6, 6.07) is 9.09. The van der Waals surface area contributed by atoms with Crippen LogP contribution in [0.4, 0.5) is 0 Å². The van der Waals surface area contributed by atoms with E-state index in [0.29, 0.717) is 5.56 Å². The van der Waals surface area contributed by atoms with Crippen LogP contribution in [-0.4, -0.2) is 23.6 Å². The van der Waals surface area contributed by atoms with E-state index < -0.39 is 5.60 Å². The third-order valence-corrected chi connectivity index (χ3v) is 3.84. The molecule has 0 saturated heterocycles. The van der Waals surface area contributed by atoms with Gasteiger partial charge >= 0.3 is 0 Å². The van der Waals surface area contributed by atoms with Gasteiger partial charge in [-0.3, -0.25) is 4.79 Å². The molecule has 1 aliphatic carbocycles. The van der Waals surface area contributed by atoms with E-state index in [-0.39, 0.29) is 11.5 Å². The number of benzene rings is 1. The molecule has 0 bridgehead atoms. The highest BCUT2D eigenvalue weighted by atomic mass is 16.5. The van der Waals surface area contributed by atoms with Crippen LogP contribution in [0.25, 0.3) is 5.76 Å². The van der Waals surface area contributed by atoms with Crippen molar-refractivity contribution in [2.75, 3.05) is 7.11 Å². The minimum atomic E-state index is -0.735. The second kappa shape index (κ2) is 6.02. The average molecular weight is 260 g/mol. The van der Waals surface area contributed by atoms with Gasteiger partial charge in [0, 0.05) is 18.7 Å². The lowest BCUT2D eigenvalue weighted by Gasteiger charge is -2.33. The minimum absolute atomic E-state index is 0.00704. The number of ether oxygens (including phenoxy) is 1. The molecule has 1 N–H and O–H groups in total. The maximum Gasteiger partial charge on any atom is 0.191 e. The molecule has 1 aliphatic rings. The summed E-state index contributed by atoms with van der Waals surface area (Å²) in [6.07, 6.45) is 5.93. The summed E-state index contributed by atoms with van der Waals surface area (Å²) in [7, 11) is 1.58. The van der Waals surface area contributed by atoms with Crippen molar-refractivity contribution < 1.29 is 14.6 Å². The smallest absolute Gasteiger partial charge is 0.191 e. The summed E-state index contributed by atoms with van der Waals surface area (Å²) in [4.78, 5) is 12.4. The zero-order valence-electron chi connectivity index (χ0n) is 11.3. The maximum absolute atomic E-state index is 12.4. The van der Waals surface area contributed by atoms with E-state index in [0.717, 1.165) is 32.1 Å². The highest BCUT2D eigenvalue weighted by Gasteiger charge is 2.38. The Kier molecular flexibility index (Phi) is 4.38. The topological polar surface area (TPSA) is 46.5 Å². The van der Waals surface area contributed by atoms with Crippen LogP contribution in [0, 0.1) is 0 Å². The van der Waals surface area contributed by atoms with E-state index in [9.17, 15) is 9.90 Å². The Balaban J connectivity index is 2.19. The van der Waals surface area contributed by atoms with Crippen molar-refractivity contribution in [1.82, 2.24) is 0 Å². The van der Waals surface area contributed by atoms with Crippen molar-refractivity contribution in [3.8, 4) is 0 Å². The summed E-state index contributed by atoms with van der Waals surface area (Å²) < 4.78 is 5.47. The van der Waals surface area contributed by atoms with Crippen LogP contribution in [0.3, 0.4) is 0 Å². The number of aliphatic hydroxyl groups is 1. The summed E-state index contributed by atoms with van der Waals surface area (Å²) in [6.45, 7) is 0. The Morgan fingerprint density at radius 3 is 2.42 bits per heavy atom. The number of rotatable bonds is 4. The van der Waals surface area contributed by atoms with E-state index in [1.54, 1.807) is 19.2 Å². The fourth-order valence-electron chi connectivity index (χ4n) is 2.62. The molecule has 3 nitrogen and oxygen atoms in total. The van der Waals surface area contributed by atoms with Crippen molar-refractivity contribution in [3.05, 3.63) is 42.0 Å². The Morgan fingerprint density at radius 1 is 1.21 bits per heavy atom. The molecule has 2 rings (SSSR count). The molecular weight excluding hydrogens is 240 g/mol. The van der Waals surface area contributed by atoms with Gasteiger partial charge in [0.15, 0.2) is 5.78 Å². The molecule has 0 aliphatic heterocycles. The quantitative estimate of drug-likeness (QED) is 0.665. The Bertz CT molecular complexity index is 456. The van der Waals surface area contributed by atoms with Crippen molar-refractivity contribution in [2.45, 2.75) is 37.7 Å². The number of ketones is 1. The number of carbonyl (C=O) groups is 1. The molecule has 0 atom stereocenters. The zero-order valence-corrected chi connectivity index (χ0v) is 11.3. The largest absolute Gasteiger partial charge is 0.507 e. The van der Waals surface area contributed by atoms with Crippen LogP contribution < -0.4 is 0 Å². The molecular formula is C16H20O3. The van der Waals surface area contributed by atoms with Crippen molar-refractivity contribution in [3.63, 3.8) is 0 Å². The van der Waals surface area contributed by atoms with E-state index in [1.165, 1.54) is 6.08 Å². The summed E-state index contributed by atoms with van der Waals surface area (Å²) in [5.41, 5.74) is -0.0843. The highest BCUT2D eigenvalue weighted by Crippen LogP contribution is 2.32. The maximum atomic E-state index is 12.4. The Labute approximate surface area is 113 Å². The highest BCUT2D eigenvalue weighted by molar-refractivity contribution is 6.01. The Hall–Kier alpha value is -1.61. The van der Waals surface area contributed by atoms with Crippen LogP contribution in [0.5, 0.6) is 0 Å². The molecule has 0 radical (unpaired) electrons. The van der Waals surface area contributed by atoms with Gasteiger partial charge < -0.3 is 9.84 Å². The van der Waals surface area contributed by atoms with Crippen LogP contribution in [-0.2, 0) is 9.53 Å². The van der Waals surface area contributed by atoms with Gasteiger partial charge in [-0.1, -0.05) is 49.6 Å². The molecule has 19 heavy (non-hydrogen) atoms. The summed E-state index contributed by atoms with van der Waals surface area (Å²) in [5.74, 6) is -0.122. The van der Waals surface area contributed by atoms with Gasteiger partial charge in [-0.2, -0.15) is 0 Å². The molecule has 1 fully saturated rings. The average Bonchev–Trinajstić information content (AvgIpc) is 2.48. The number of carbonyl (C=O) groups excluding carboxylic acids is 1. The molecule has 1 aromatic carbocycles. The molecule has 0 aromatic heterocycles. The number of hydrogen-bond acceptors (Lipinski definition) is 3. The van der Waals surface area contributed by atoms with Crippen molar-refractivity contribution >= 4 is 11.5 Å². The molecule has 3 heteroatoms. The van der Waals surface area contributed by atoms with Crippen molar-refractivity contribution in [2.24, 2.45) is 0 Å². The fraction of sp³-hybridized carbons (Fsp3) is 0.438. The summed E-state index contributed by atoms with van der Waals surface area (Å²) in [5, 5.41) is 10.0. The van der Waals surface area contributed by atoms with Gasteiger partial charge in [0.2, 0.25) is 0 Å². The standard InChI is InChI=1S/C16H20O3/c1-19-16(10-6-3-7-11-16)15(18)12-14(17)13-8-4-2-5-9-13/h2,4-5,8-9,12,17H,3,6-7,10-11H2,1H3. The van der Waals surface area contributed by atoms with Crippen LogP contribution >= 0.6 is 0 Å². The van der Waals surface area contributed by atoms with E-state index in [4.69, 9.17) is 4.74 Å². The molecule has 0 spiro atoms. The first-order valence-electron chi connectivity index (χ1n) is 6.74. The van der Waals surface area contributed by atoms with E-state index >= 15 is 0 Å². The number of methoxy groups -OCH3 is 1. The predicted octanol–water partition coefficient (Wildman–Crippen LogP) is 3.50. The number of hydrogen-bond donors (Lipinski definition) is 1. The monoisotopic (exact) mass is 260 g/mol. The van der Waals surface area contributed by atoms with Gasteiger partial charge in [0.25, 0.3) is 0 Å². The molecule has 0 amide bonds. The second-order valence-corrected chi connectivity index (χ2v) is 5.02. The lowest BCUT2D eigenvalue weighted by molar-refractivity contribution is -0.139. The summed E-state index contributed by atoms with van der Waals surface area (Å²) >= 11 is 0. The Morgan fingerprint density at radius 2 is 1.84 bits per heavy atom. The second-order valence-electron chi connectivity index (χ2n) is 5.02.